The van der Waals surface area contributed by atoms with Crippen LogP contribution in [0.15, 0.2) is 121 Å². The normalized spacial score (nSPS) is 12.4. The van der Waals surface area contributed by atoms with Gasteiger partial charge in [-0.25, -0.2) is 4.79 Å². The first-order valence-corrected chi connectivity index (χ1v) is 41.7. The summed E-state index contributed by atoms with van der Waals surface area (Å²) in [5.74, 6) is -0.00351. The second-order valence-electron chi connectivity index (χ2n) is 34.9. The molecule has 25 nitrogen and oxygen atoms in total. The number of hydrogen-bond donors (Lipinski definition) is 0. The molecule has 8 rings (SSSR count). The summed E-state index contributed by atoms with van der Waals surface area (Å²) >= 11 is 0. The van der Waals surface area contributed by atoms with Crippen LogP contribution >= 0.6 is 0 Å². The summed E-state index contributed by atoms with van der Waals surface area (Å²) in [6, 6.07) is 48.0. The molecule has 0 aliphatic carbocycles. The van der Waals surface area contributed by atoms with Crippen molar-refractivity contribution in [2.45, 2.75) is 254 Å². The third-order valence-corrected chi connectivity index (χ3v) is 19.1. The summed E-state index contributed by atoms with van der Waals surface area (Å²) in [5, 5.41) is 57.9. The molecule has 25 heteroatoms. The number of rotatable bonds is 31. The van der Waals surface area contributed by atoms with Gasteiger partial charge in [0, 0.05) is 46.1 Å². The van der Waals surface area contributed by atoms with Gasteiger partial charge in [-0.05, 0) is 179 Å². The van der Waals surface area contributed by atoms with Crippen molar-refractivity contribution in [3.8, 4) is 24.3 Å². The molecule has 0 spiro atoms. The first-order chi connectivity index (χ1) is 57.9. The van der Waals surface area contributed by atoms with Crippen LogP contribution in [0.25, 0.3) is 45.3 Å². The number of carbonyl (C=O) groups is 4. The second kappa shape index (κ2) is 46.6. The number of aromatic nitrogens is 8. The number of nitrogens with zero attached hydrogens (tertiary/aromatic N) is 12. The molecule has 0 radical (unpaired) electrons. The van der Waals surface area contributed by atoms with E-state index < -0.39 is 11.4 Å². The van der Waals surface area contributed by atoms with E-state index in [2.05, 4.69) is 128 Å². The van der Waals surface area contributed by atoms with Crippen molar-refractivity contribution >= 4 is 69.2 Å². The van der Waals surface area contributed by atoms with Crippen molar-refractivity contribution < 1.29 is 61.8 Å². The number of carbonyl (C=O) groups excluding carboxylic acids is 4. The molecule has 123 heavy (non-hydrogen) atoms. The third-order valence-electron chi connectivity index (χ3n) is 19.1. The summed E-state index contributed by atoms with van der Waals surface area (Å²) in [7, 11) is 1.41. The number of ether oxygens (including phenoxy) is 9. The number of methoxy groups -OCH3 is 1. The van der Waals surface area contributed by atoms with E-state index in [9.17, 15) is 40.2 Å². The van der Waals surface area contributed by atoms with Crippen LogP contribution in [-0.4, -0.2) is 104 Å². The fourth-order valence-corrected chi connectivity index (χ4v) is 12.3. The molecular weight excluding hydrogens is 1550 g/mol. The Hall–Kier alpha value is -12.3. The molecule has 0 atom stereocenters. The highest BCUT2D eigenvalue weighted by atomic mass is 16.7. The molecule has 0 bridgehead atoms. The van der Waals surface area contributed by atoms with Gasteiger partial charge in [0.05, 0.1) is 28.2 Å². The molecule has 8 aromatic rings. The zero-order valence-corrected chi connectivity index (χ0v) is 77.5. The quantitative estimate of drug-likeness (QED) is 0.0128. The number of nitriles is 4. The van der Waals surface area contributed by atoms with Crippen LogP contribution in [0.5, 0.6) is 0 Å². The number of hydrogen-bond acceptors (Lipinski definition) is 21. The fraction of sp³-hybridized carbons (Fsp3) is 0.469. The van der Waals surface area contributed by atoms with Crippen LogP contribution < -0.4 is 0 Å². The van der Waals surface area contributed by atoms with Crippen LogP contribution in [0.3, 0.4) is 0 Å². The Balaban J connectivity index is 0.000000291. The van der Waals surface area contributed by atoms with E-state index in [0.717, 1.165) is 57.9 Å². The molecule has 0 N–H and O–H groups in total. The Bertz CT molecular complexity index is 5160. The van der Waals surface area contributed by atoms with Crippen LogP contribution in [0, 0.1) is 84.4 Å². The van der Waals surface area contributed by atoms with Gasteiger partial charge in [0.15, 0.2) is 23.0 Å². The zero-order chi connectivity index (χ0) is 91.9. The molecular formula is C98H128N12O13. The molecule has 4 aromatic carbocycles. The lowest BCUT2D eigenvalue weighted by Gasteiger charge is -2.20. The summed E-state index contributed by atoms with van der Waals surface area (Å²) in [4.78, 5) is 47.6. The topological polar surface area (TPSA) is 318 Å². The lowest BCUT2D eigenvalue weighted by molar-refractivity contribution is -0.161. The summed E-state index contributed by atoms with van der Waals surface area (Å²) in [6.45, 7) is 53.5. The van der Waals surface area contributed by atoms with Gasteiger partial charge in [-0.15, -0.1) is 0 Å². The van der Waals surface area contributed by atoms with Crippen molar-refractivity contribution in [3.05, 3.63) is 211 Å². The van der Waals surface area contributed by atoms with Gasteiger partial charge < -0.3 is 42.6 Å². The number of esters is 4. The Morgan fingerprint density at radius 2 is 0.610 bits per heavy atom. The van der Waals surface area contributed by atoms with Gasteiger partial charge in [-0.2, -0.15) is 41.4 Å². The Morgan fingerprint density at radius 3 is 0.821 bits per heavy atom. The van der Waals surface area contributed by atoms with Crippen LogP contribution in [0.4, 0.5) is 0 Å². The minimum Gasteiger partial charge on any atom is -0.454 e. The van der Waals surface area contributed by atoms with Gasteiger partial charge in [0.25, 0.3) is 0 Å². The van der Waals surface area contributed by atoms with E-state index in [-0.39, 0.29) is 79.3 Å². The van der Waals surface area contributed by atoms with Crippen molar-refractivity contribution in [2.24, 2.45) is 11.3 Å². The summed E-state index contributed by atoms with van der Waals surface area (Å²) in [5.41, 5.74) is 14.4. The monoisotopic (exact) mass is 1680 g/mol. The number of aryl methyl sites for hydroxylation is 8. The van der Waals surface area contributed by atoms with Gasteiger partial charge in [-0.1, -0.05) is 207 Å². The fourth-order valence-electron chi connectivity index (χ4n) is 12.3. The Kier molecular flexibility index (Phi) is 38.4. The van der Waals surface area contributed by atoms with E-state index in [0.29, 0.717) is 113 Å². The van der Waals surface area contributed by atoms with Crippen molar-refractivity contribution in [1.82, 2.24) is 39.1 Å². The van der Waals surface area contributed by atoms with E-state index in [1.165, 1.54) is 23.8 Å². The number of unbranched alkanes of at least 4 members (excludes halogenated alkanes) is 1. The number of allylic oxidation sites excluding steroid dienone is 4. The predicted molar refractivity (Wildman–Crippen MR) is 479 cm³/mol. The van der Waals surface area contributed by atoms with E-state index in [1.54, 1.807) is 39.5 Å². The van der Waals surface area contributed by atoms with E-state index in [1.807, 2.05) is 197 Å². The molecule has 0 aliphatic rings. The highest BCUT2D eigenvalue weighted by molar-refractivity contribution is 5.97. The highest BCUT2D eigenvalue weighted by Crippen LogP contribution is 2.36. The lowest BCUT2D eigenvalue weighted by Crippen LogP contribution is -2.24. The van der Waals surface area contributed by atoms with Crippen LogP contribution in [0.2, 0.25) is 0 Å². The highest BCUT2D eigenvalue weighted by Gasteiger charge is 2.29. The maximum atomic E-state index is 12.1. The first kappa shape index (κ1) is 101. The molecule has 0 saturated heterocycles. The minimum atomic E-state index is -0.643. The van der Waals surface area contributed by atoms with Crippen molar-refractivity contribution in [2.75, 3.05) is 40.9 Å². The molecule has 4 heterocycles. The maximum absolute atomic E-state index is 12.1. The first-order valence-electron chi connectivity index (χ1n) is 41.7. The molecule has 0 fully saturated rings. The average molecular weight is 1680 g/mol. The molecule has 4 aromatic heterocycles. The molecule has 0 unspecified atom stereocenters. The van der Waals surface area contributed by atoms with Crippen molar-refractivity contribution in [3.63, 3.8) is 0 Å². The van der Waals surface area contributed by atoms with Crippen molar-refractivity contribution in [1.29, 1.82) is 21.0 Å². The Morgan fingerprint density at radius 1 is 0.366 bits per heavy atom. The number of benzene rings is 4. The maximum Gasteiger partial charge on any atom is 0.334 e. The molecule has 0 aliphatic heterocycles. The van der Waals surface area contributed by atoms with Gasteiger partial charge in [0.2, 0.25) is 27.2 Å². The van der Waals surface area contributed by atoms with E-state index in [4.69, 9.17) is 42.6 Å². The SMILES string of the molecule is CCCCC(=O)OCO/C(=C(/C#N)c1ccc(C(C)(C)C)cc1)c1cc(C)nn1CC.CCn1nc(C)cc1/C(OCOC(=O)C(C)(C)C)=C(\C#N)c1ccc(C(C)(C)C)cc1.CCn1nc(C)cc1/C(OCOC(=O)CC(C)C)=C(\C#N)c1ccc(C(C)(C)C)cc1.CCn1nc(C)cc1/C(OCOC(=O)COC)=C(\C#N)c1ccc(C(C)(C)C)cc1. The summed E-state index contributed by atoms with van der Waals surface area (Å²) < 4.78 is 56.2. The van der Waals surface area contributed by atoms with E-state index >= 15 is 0 Å². The van der Waals surface area contributed by atoms with Gasteiger partial charge in [0.1, 0.15) is 76.0 Å². The summed E-state index contributed by atoms with van der Waals surface area (Å²) in [6.07, 6.45) is 2.35. The van der Waals surface area contributed by atoms with Crippen LogP contribution in [0.1, 0.15) is 268 Å². The second-order valence-corrected chi connectivity index (χ2v) is 34.9. The lowest BCUT2D eigenvalue weighted by atomic mass is 9.86. The largest absolute Gasteiger partial charge is 0.454 e. The minimum absolute atomic E-state index is 0.00186. The van der Waals surface area contributed by atoms with Crippen LogP contribution in [-0.2, 0) is 110 Å². The third kappa shape index (κ3) is 30.4. The predicted octanol–water partition coefficient (Wildman–Crippen LogP) is 20.6. The Labute approximate surface area is 728 Å². The smallest absolute Gasteiger partial charge is 0.334 e. The zero-order valence-electron chi connectivity index (χ0n) is 77.5. The molecule has 0 saturated carbocycles. The van der Waals surface area contributed by atoms with Gasteiger partial charge in [-0.3, -0.25) is 33.1 Å². The molecule has 0 amide bonds. The average Bonchev–Trinajstić information content (AvgIpc) is 1.74. The van der Waals surface area contributed by atoms with Gasteiger partial charge >= 0.3 is 23.9 Å². The standard InChI is InChI=1S/3C25H33N3O3.C23H29N3O4/c1-9-28-21(14-17(2)27-28)22(30-16-31-23(29)25(6,7)8)20(15-26)18-10-12-19(13-11-18)24(3,4)5;1-8-28-22(14-18(4)27-28)24(31-16-30-23(29)13-17(2)3)21(15-26)19-9-11-20(12-10-19)25(5,6)7;1-7-9-10-23(29)30-17-31-24(22-15-18(3)27-28(22)8-2)21(16-26)19-11-13-20(14-12-19)25(4,5)6;1-7-26-20(12-16(2)25-26)22(30-15-29-21(27)14-28-6)19(13-24)17-8-10-18(11-9-17)23(3,4)5/h10-14H,9,16H2,1-8H3;9-12,14,17H,8,13,16H2,1-7H3;11-15H,7-10,17H2,1-6H3;8-12H,7,14-15H2,1-6H3/b22-20-;2*24-21-;22-19-. The molecule has 658 valence electrons.